The second kappa shape index (κ2) is 5.77. The molecule has 3 aromatic rings. The van der Waals surface area contributed by atoms with Gasteiger partial charge < -0.3 is 0 Å². The summed E-state index contributed by atoms with van der Waals surface area (Å²) in [4.78, 5) is 0. The van der Waals surface area contributed by atoms with Gasteiger partial charge in [0.05, 0.1) is 0 Å². The summed E-state index contributed by atoms with van der Waals surface area (Å²) in [6.07, 6.45) is 8.05. The molecule has 0 N–H and O–H groups in total. The molecular formula is C24H23. The molecule has 0 heteroatoms. The topological polar surface area (TPSA) is 0 Å². The molecule has 5 rings (SSSR count). The van der Waals surface area contributed by atoms with E-state index in [0.29, 0.717) is 5.92 Å². The maximum absolute atomic E-state index is 3.37. The highest BCUT2D eigenvalue weighted by molar-refractivity contribution is 5.92. The zero-order valence-electron chi connectivity index (χ0n) is 14.1. The molecule has 0 aliphatic heterocycles. The summed E-state index contributed by atoms with van der Waals surface area (Å²) < 4.78 is 0. The van der Waals surface area contributed by atoms with Crippen LogP contribution in [-0.2, 0) is 6.42 Å². The van der Waals surface area contributed by atoms with Gasteiger partial charge in [0.1, 0.15) is 0 Å². The van der Waals surface area contributed by atoms with Crippen molar-refractivity contribution in [2.75, 3.05) is 0 Å². The van der Waals surface area contributed by atoms with Gasteiger partial charge in [-0.1, -0.05) is 73.9 Å². The molecule has 0 bridgehead atoms. The number of hydrogen-bond donors (Lipinski definition) is 0. The Morgan fingerprint density at radius 2 is 1.62 bits per heavy atom. The molecule has 0 spiro atoms. The van der Waals surface area contributed by atoms with Crippen molar-refractivity contribution in [1.29, 1.82) is 0 Å². The lowest BCUT2D eigenvalue weighted by Gasteiger charge is -2.26. The zero-order chi connectivity index (χ0) is 15.9. The molecule has 1 atom stereocenters. The molecule has 0 heterocycles. The average molecular weight is 311 g/mol. The maximum atomic E-state index is 3.37. The van der Waals surface area contributed by atoms with Crippen LogP contribution in [0.25, 0.3) is 10.8 Å². The van der Waals surface area contributed by atoms with Crippen molar-refractivity contribution in [2.24, 2.45) is 0 Å². The van der Waals surface area contributed by atoms with E-state index in [1.54, 1.807) is 11.1 Å². The van der Waals surface area contributed by atoms with E-state index in [0.717, 1.165) is 12.3 Å². The Morgan fingerprint density at radius 1 is 0.792 bits per heavy atom. The first-order valence-corrected chi connectivity index (χ1v) is 9.42. The van der Waals surface area contributed by atoms with Crippen LogP contribution in [0.1, 0.15) is 66.2 Å². The van der Waals surface area contributed by atoms with Crippen molar-refractivity contribution in [3.05, 3.63) is 82.9 Å². The number of benzene rings is 3. The molecule has 0 nitrogen and oxygen atoms in total. The van der Waals surface area contributed by atoms with Crippen LogP contribution >= 0.6 is 0 Å². The van der Waals surface area contributed by atoms with Gasteiger partial charge >= 0.3 is 0 Å². The molecule has 1 radical (unpaired) electrons. The second-order valence-corrected chi connectivity index (χ2v) is 7.51. The van der Waals surface area contributed by atoms with Gasteiger partial charge in [0.2, 0.25) is 0 Å². The quantitative estimate of drug-likeness (QED) is 0.515. The Kier molecular flexibility index (Phi) is 3.43. The van der Waals surface area contributed by atoms with Gasteiger partial charge in [0.15, 0.2) is 0 Å². The highest BCUT2D eigenvalue weighted by Gasteiger charge is 2.29. The van der Waals surface area contributed by atoms with Crippen LogP contribution in [0.2, 0.25) is 0 Å². The Morgan fingerprint density at radius 3 is 2.50 bits per heavy atom. The zero-order valence-corrected chi connectivity index (χ0v) is 14.1. The first-order chi connectivity index (χ1) is 11.9. The van der Waals surface area contributed by atoms with E-state index in [-0.39, 0.29) is 0 Å². The maximum Gasteiger partial charge on any atom is 0.0139 e. The standard InChI is InChI=1S/C24H23/c1-2-8-17(9-3-1)20-13-4-5-14-21(20)23-16-19-12-6-10-18-11-7-15-22(23)24(18)19/h5-7,10-15,17,23H,1-3,8-9,16H2. The molecule has 1 saturated carbocycles. The number of rotatable bonds is 2. The van der Waals surface area contributed by atoms with Gasteiger partial charge in [-0.25, -0.2) is 0 Å². The van der Waals surface area contributed by atoms with E-state index in [9.17, 15) is 0 Å². The monoisotopic (exact) mass is 311 g/mol. The average Bonchev–Trinajstić information content (AvgIpc) is 3.03. The lowest BCUT2D eigenvalue weighted by molar-refractivity contribution is 0.440. The molecule has 0 saturated heterocycles. The normalized spacial score (nSPS) is 20.6. The fourth-order valence-corrected chi connectivity index (χ4v) is 5.06. The van der Waals surface area contributed by atoms with Gasteiger partial charge in [-0.05, 0) is 64.3 Å². The molecule has 0 amide bonds. The van der Waals surface area contributed by atoms with E-state index >= 15 is 0 Å². The molecule has 119 valence electrons. The smallest absolute Gasteiger partial charge is 0.0139 e. The van der Waals surface area contributed by atoms with Crippen LogP contribution < -0.4 is 0 Å². The van der Waals surface area contributed by atoms with Crippen molar-refractivity contribution in [3.63, 3.8) is 0 Å². The minimum atomic E-state index is 0.526. The SMILES string of the molecule is [c]1ccc(C2Cc3cccc4cccc2c34)c(C2CCCCC2)c1. The van der Waals surface area contributed by atoms with Crippen LogP contribution in [0, 0.1) is 6.07 Å². The summed E-state index contributed by atoms with van der Waals surface area (Å²) in [6, 6.07) is 23.7. The van der Waals surface area contributed by atoms with E-state index < -0.39 is 0 Å². The third kappa shape index (κ3) is 2.20. The van der Waals surface area contributed by atoms with Crippen molar-refractivity contribution < 1.29 is 0 Å². The van der Waals surface area contributed by atoms with Crippen LogP contribution in [-0.4, -0.2) is 0 Å². The van der Waals surface area contributed by atoms with Crippen molar-refractivity contribution in [3.8, 4) is 0 Å². The fourth-order valence-electron chi connectivity index (χ4n) is 5.06. The first kappa shape index (κ1) is 14.3. The summed E-state index contributed by atoms with van der Waals surface area (Å²) in [5.74, 6) is 1.27. The number of hydrogen-bond acceptors (Lipinski definition) is 0. The summed E-state index contributed by atoms with van der Waals surface area (Å²) in [7, 11) is 0. The summed E-state index contributed by atoms with van der Waals surface area (Å²) in [5, 5.41) is 2.90. The molecular weight excluding hydrogens is 288 g/mol. The summed E-state index contributed by atoms with van der Waals surface area (Å²) >= 11 is 0. The predicted octanol–water partition coefficient (Wildman–Crippen LogP) is 6.38. The van der Waals surface area contributed by atoms with E-state index in [4.69, 9.17) is 0 Å². The van der Waals surface area contributed by atoms with Crippen molar-refractivity contribution in [2.45, 2.75) is 50.4 Å². The molecule has 24 heavy (non-hydrogen) atoms. The summed E-state index contributed by atoms with van der Waals surface area (Å²) in [5.41, 5.74) is 6.19. The third-order valence-corrected chi connectivity index (χ3v) is 6.17. The van der Waals surface area contributed by atoms with Crippen LogP contribution in [0.5, 0.6) is 0 Å². The van der Waals surface area contributed by atoms with Gasteiger partial charge in [0.25, 0.3) is 0 Å². The molecule has 3 aromatic carbocycles. The van der Waals surface area contributed by atoms with Gasteiger partial charge in [-0.15, -0.1) is 0 Å². The minimum absolute atomic E-state index is 0.526. The lowest BCUT2D eigenvalue weighted by atomic mass is 9.78. The predicted molar refractivity (Wildman–Crippen MR) is 101 cm³/mol. The lowest BCUT2D eigenvalue weighted by Crippen LogP contribution is -2.10. The second-order valence-electron chi connectivity index (χ2n) is 7.51. The van der Waals surface area contributed by atoms with Crippen molar-refractivity contribution in [1.82, 2.24) is 0 Å². The Labute approximate surface area is 144 Å². The molecule has 2 aliphatic rings. The van der Waals surface area contributed by atoms with Crippen LogP contribution in [0.15, 0.2) is 54.6 Å². The largest absolute Gasteiger partial charge is 0.0614 e. The van der Waals surface area contributed by atoms with Crippen molar-refractivity contribution >= 4 is 10.8 Å². The summed E-state index contributed by atoms with van der Waals surface area (Å²) in [6.45, 7) is 0. The van der Waals surface area contributed by atoms with Crippen LogP contribution in [0.3, 0.4) is 0 Å². The van der Waals surface area contributed by atoms with Gasteiger partial charge in [-0.2, -0.15) is 0 Å². The molecule has 1 unspecified atom stereocenters. The minimum Gasteiger partial charge on any atom is -0.0614 e. The highest BCUT2D eigenvalue weighted by Crippen LogP contribution is 2.45. The van der Waals surface area contributed by atoms with E-state index in [1.807, 2.05) is 0 Å². The third-order valence-electron chi connectivity index (χ3n) is 6.17. The Balaban J connectivity index is 1.63. The Hall–Kier alpha value is -2.08. The molecule has 0 aromatic heterocycles. The van der Waals surface area contributed by atoms with E-state index in [1.165, 1.54) is 54.0 Å². The fraction of sp³-hybridized carbons (Fsp3) is 0.333. The molecule has 1 fully saturated rings. The van der Waals surface area contributed by atoms with Crippen LogP contribution in [0.4, 0.5) is 0 Å². The van der Waals surface area contributed by atoms with E-state index in [2.05, 4.69) is 60.7 Å². The highest BCUT2D eigenvalue weighted by atomic mass is 14.3. The van der Waals surface area contributed by atoms with Gasteiger partial charge in [-0.3, -0.25) is 0 Å². The molecule has 2 aliphatic carbocycles. The van der Waals surface area contributed by atoms with Gasteiger partial charge in [0, 0.05) is 5.92 Å². The first-order valence-electron chi connectivity index (χ1n) is 9.42. The Bertz CT molecular complexity index is 878.